The third-order valence-corrected chi connectivity index (χ3v) is 3.17. The van der Waals surface area contributed by atoms with Crippen LogP contribution in [0.4, 0.5) is 0 Å². The highest BCUT2D eigenvalue weighted by Crippen LogP contribution is 2.40. The van der Waals surface area contributed by atoms with Gasteiger partial charge in [0.2, 0.25) is 0 Å². The van der Waals surface area contributed by atoms with Gasteiger partial charge < -0.3 is 10.2 Å². The standard InChI is InChI=1S/C13H20O3/c1-8(14)5-6-10-9(2)12(16)11(15)7-13(10,3)4/h5-6,11-12,15-16H,7H2,1-4H3/t11-,12+/m0/s1. The first-order valence-corrected chi connectivity index (χ1v) is 5.52. The maximum Gasteiger partial charge on any atom is 0.152 e. The number of rotatable bonds is 2. The number of aliphatic hydroxyl groups excluding tert-OH is 2. The van der Waals surface area contributed by atoms with Crippen LogP contribution in [0.3, 0.4) is 0 Å². The molecule has 0 saturated carbocycles. The Kier molecular flexibility index (Phi) is 3.71. The monoisotopic (exact) mass is 224 g/mol. The molecule has 1 aliphatic rings. The summed E-state index contributed by atoms with van der Waals surface area (Å²) in [7, 11) is 0. The van der Waals surface area contributed by atoms with E-state index in [0.717, 1.165) is 11.1 Å². The zero-order valence-electron chi connectivity index (χ0n) is 10.3. The first kappa shape index (κ1) is 13.1. The van der Waals surface area contributed by atoms with Crippen LogP contribution in [0.1, 0.15) is 34.1 Å². The van der Waals surface area contributed by atoms with Gasteiger partial charge in [-0.25, -0.2) is 0 Å². The quantitative estimate of drug-likeness (QED) is 0.700. The second-order valence-electron chi connectivity index (χ2n) is 5.14. The maximum atomic E-state index is 10.9. The smallest absolute Gasteiger partial charge is 0.152 e. The summed E-state index contributed by atoms with van der Waals surface area (Å²) in [5, 5.41) is 19.5. The topological polar surface area (TPSA) is 57.5 Å². The number of hydrogen-bond donors (Lipinski definition) is 2. The minimum absolute atomic E-state index is 0.0169. The van der Waals surface area contributed by atoms with E-state index in [1.54, 1.807) is 13.0 Å². The molecule has 90 valence electrons. The average Bonchev–Trinajstić information content (AvgIpc) is 2.12. The summed E-state index contributed by atoms with van der Waals surface area (Å²) in [6.45, 7) is 7.30. The Labute approximate surface area is 96.5 Å². The molecule has 1 aliphatic carbocycles. The Hall–Kier alpha value is -0.930. The number of hydrogen-bond acceptors (Lipinski definition) is 3. The normalized spacial score (nSPS) is 29.9. The zero-order chi connectivity index (χ0) is 12.5. The molecule has 0 unspecified atom stereocenters. The van der Waals surface area contributed by atoms with Crippen LogP contribution in [0.5, 0.6) is 0 Å². The molecule has 2 atom stereocenters. The molecular formula is C13H20O3. The van der Waals surface area contributed by atoms with Gasteiger partial charge in [0.1, 0.15) is 6.10 Å². The van der Waals surface area contributed by atoms with E-state index in [1.807, 2.05) is 13.8 Å². The molecule has 0 aromatic rings. The van der Waals surface area contributed by atoms with Crippen molar-refractivity contribution >= 4 is 5.78 Å². The number of aliphatic hydroxyl groups is 2. The van der Waals surface area contributed by atoms with Crippen LogP contribution in [0.15, 0.2) is 23.3 Å². The highest BCUT2D eigenvalue weighted by molar-refractivity contribution is 5.87. The highest BCUT2D eigenvalue weighted by atomic mass is 16.3. The van der Waals surface area contributed by atoms with E-state index in [2.05, 4.69) is 0 Å². The molecule has 0 spiro atoms. The molecule has 0 bridgehead atoms. The second kappa shape index (κ2) is 4.52. The second-order valence-corrected chi connectivity index (χ2v) is 5.14. The van der Waals surface area contributed by atoms with E-state index in [1.165, 1.54) is 13.0 Å². The van der Waals surface area contributed by atoms with E-state index < -0.39 is 12.2 Å². The predicted molar refractivity (Wildman–Crippen MR) is 62.9 cm³/mol. The van der Waals surface area contributed by atoms with Crippen molar-refractivity contribution in [3.63, 3.8) is 0 Å². The highest BCUT2D eigenvalue weighted by Gasteiger charge is 2.36. The van der Waals surface area contributed by atoms with Crippen molar-refractivity contribution in [1.29, 1.82) is 0 Å². The van der Waals surface area contributed by atoms with E-state index in [0.29, 0.717) is 6.42 Å². The first-order chi connectivity index (χ1) is 7.25. The van der Waals surface area contributed by atoms with Gasteiger partial charge in [-0.05, 0) is 42.9 Å². The van der Waals surface area contributed by atoms with Crippen LogP contribution in [0, 0.1) is 5.41 Å². The van der Waals surface area contributed by atoms with Crippen LogP contribution in [0.25, 0.3) is 0 Å². The number of allylic oxidation sites excluding steroid dienone is 3. The van der Waals surface area contributed by atoms with Gasteiger partial charge in [-0.1, -0.05) is 19.9 Å². The summed E-state index contributed by atoms with van der Waals surface area (Å²) in [6, 6.07) is 0. The lowest BCUT2D eigenvalue weighted by atomic mass is 9.70. The Bertz CT molecular complexity index is 350. The van der Waals surface area contributed by atoms with Crippen LogP contribution in [-0.4, -0.2) is 28.2 Å². The average molecular weight is 224 g/mol. The summed E-state index contributed by atoms with van der Waals surface area (Å²) < 4.78 is 0. The van der Waals surface area contributed by atoms with E-state index in [9.17, 15) is 15.0 Å². The minimum atomic E-state index is -0.820. The predicted octanol–water partition coefficient (Wildman–Crippen LogP) is 1.60. The third-order valence-electron chi connectivity index (χ3n) is 3.17. The lowest BCUT2D eigenvalue weighted by Gasteiger charge is -2.38. The van der Waals surface area contributed by atoms with Crippen LogP contribution in [-0.2, 0) is 4.79 Å². The zero-order valence-corrected chi connectivity index (χ0v) is 10.3. The first-order valence-electron chi connectivity index (χ1n) is 5.52. The molecule has 0 aromatic carbocycles. The summed E-state index contributed by atoms with van der Waals surface area (Å²) in [5.41, 5.74) is 1.48. The van der Waals surface area contributed by atoms with Gasteiger partial charge >= 0.3 is 0 Å². The fraction of sp³-hybridized carbons (Fsp3) is 0.615. The van der Waals surface area contributed by atoms with Crippen molar-refractivity contribution in [3.05, 3.63) is 23.3 Å². The van der Waals surface area contributed by atoms with E-state index >= 15 is 0 Å². The maximum absolute atomic E-state index is 10.9. The van der Waals surface area contributed by atoms with Crippen LogP contribution in [0.2, 0.25) is 0 Å². The molecule has 3 heteroatoms. The van der Waals surface area contributed by atoms with Crippen molar-refractivity contribution in [2.24, 2.45) is 5.41 Å². The lowest BCUT2D eigenvalue weighted by molar-refractivity contribution is -0.112. The Morgan fingerprint density at radius 2 is 2.00 bits per heavy atom. The van der Waals surface area contributed by atoms with Gasteiger partial charge in [-0.15, -0.1) is 0 Å². The SMILES string of the molecule is CC(=O)C=CC1=C(C)[C@@H](O)[C@@H](O)CC1(C)C. The molecule has 3 nitrogen and oxygen atoms in total. The van der Waals surface area contributed by atoms with Crippen molar-refractivity contribution in [2.75, 3.05) is 0 Å². The van der Waals surface area contributed by atoms with E-state index in [-0.39, 0.29) is 11.2 Å². The summed E-state index contributed by atoms with van der Waals surface area (Å²) >= 11 is 0. The van der Waals surface area contributed by atoms with Crippen LogP contribution < -0.4 is 0 Å². The minimum Gasteiger partial charge on any atom is -0.390 e. The molecule has 2 N–H and O–H groups in total. The molecule has 0 fully saturated rings. The fourth-order valence-corrected chi connectivity index (χ4v) is 2.28. The molecule has 16 heavy (non-hydrogen) atoms. The number of carbonyl (C=O) groups is 1. The van der Waals surface area contributed by atoms with Gasteiger partial charge in [0.05, 0.1) is 6.10 Å². The summed E-state index contributed by atoms with van der Waals surface area (Å²) in [5.74, 6) is -0.0169. The molecule has 0 aliphatic heterocycles. The Morgan fingerprint density at radius 1 is 1.44 bits per heavy atom. The summed E-state index contributed by atoms with van der Waals surface area (Å²) in [4.78, 5) is 10.9. The third kappa shape index (κ3) is 2.60. The molecule has 0 aromatic heterocycles. The largest absolute Gasteiger partial charge is 0.390 e. The number of ketones is 1. The number of carbonyl (C=O) groups excluding carboxylic acids is 1. The Morgan fingerprint density at radius 3 is 2.50 bits per heavy atom. The van der Waals surface area contributed by atoms with Gasteiger partial charge in [0.25, 0.3) is 0 Å². The van der Waals surface area contributed by atoms with Crippen molar-refractivity contribution in [3.8, 4) is 0 Å². The molecule has 0 saturated heterocycles. The lowest BCUT2D eigenvalue weighted by Crippen LogP contribution is -2.39. The fourth-order valence-electron chi connectivity index (χ4n) is 2.28. The van der Waals surface area contributed by atoms with Gasteiger partial charge in [0.15, 0.2) is 5.78 Å². The molecular weight excluding hydrogens is 204 g/mol. The molecule has 0 amide bonds. The van der Waals surface area contributed by atoms with E-state index in [4.69, 9.17) is 0 Å². The Balaban J connectivity index is 3.14. The van der Waals surface area contributed by atoms with Crippen molar-refractivity contribution < 1.29 is 15.0 Å². The molecule has 1 rings (SSSR count). The van der Waals surface area contributed by atoms with Gasteiger partial charge in [-0.3, -0.25) is 4.79 Å². The van der Waals surface area contributed by atoms with Crippen molar-refractivity contribution in [2.45, 2.75) is 46.3 Å². The molecule has 0 radical (unpaired) electrons. The molecule has 0 heterocycles. The van der Waals surface area contributed by atoms with Gasteiger partial charge in [0, 0.05) is 0 Å². The van der Waals surface area contributed by atoms with Gasteiger partial charge in [-0.2, -0.15) is 0 Å². The summed E-state index contributed by atoms with van der Waals surface area (Å²) in [6.07, 6.45) is 2.23. The van der Waals surface area contributed by atoms with Crippen LogP contribution >= 0.6 is 0 Å². The van der Waals surface area contributed by atoms with Crippen molar-refractivity contribution in [1.82, 2.24) is 0 Å².